The van der Waals surface area contributed by atoms with Crippen molar-refractivity contribution < 1.29 is 19.1 Å². The van der Waals surface area contributed by atoms with E-state index in [9.17, 15) is 4.79 Å². The highest BCUT2D eigenvalue weighted by Crippen LogP contribution is 2.21. The Morgan fingerprint density at radius 1 is 1.50 bits per heavy atom. The number of aliphatic hydroxyl groups excluding tert-OH is 1. The van der Waals surface area contributed by atoms with Gasteiger partial charge >= 0.3 is 5.97 Å². The van der Waals surface area contributed by atoms with Gasteiger partial charge in [-0.05, 0) is 31.2 Å². The fourth-order valence-corrected chi connectivity index (χ4v) is 1.56. The molecule has 2 heterocycles. The van der Waals surface area contributed by atoms with Gasteiger partial charge in [0.05, 0.1) is 25.2 Å². The second kappa shape index (κ2) is 5.46. The molecule has 2 aromatic rings. The van der Waals surface area contributed by atoms with Crippen LogP contribution in [0.5, 0.6) is 0 Å². The van der Waals surface area contributed by atoms with Crippen LogP contribution in [0.1, 0.15) is 23.1 Å². The van der Waals surface area contributed by atoms with Gasteiger partial charge in [-0.15, -0.1) is 0 Å². The first-order valence-corrected chi connectivity index (χ1v) is 5.57. The van der Waals surface area contributed by atoms with Gasteiger partial charge in [-0.3, -0.25) is 0 Å². The Morgan fingerprint density at radius 3 is 2.94 bits per heavy atom. The Balaban J connectivity index is 2.42. The molecule has 0 aromatic carbocycles. The summed E-state index contributed by atoms with van der Waals surface area (Å²) in [6.07, 6.45) is 1.54. The average Bonchev–Trinajstić information content (AvgIpc) is 2.92. The first-order valence-electron chi connectivity index (χ1n) is 5.57. The molecule has 0 aliphatic carbocycles. The molecule has 1 N–H and O–H groups in total. The van der Waals surface area contributed by atoms with E-state index < -0.39 is 5.97 Å². The SMILES string of the molecule is CCOC(=O)c1cc(-c2ccco2)cc(CO)n1. The molecule has 5 heteroatoms. The van der Waals surface area contributed by atoms with Crippen LogP contribution in [0.15, 0.2) is 34.9 Å². The summed E-state index contributed by atoms with van der Waals surface area (Å²) in [7, 11) is 0. The maximum atomic E-state index is 11.6. The molecule has 0 bridgehead atoms. The number of esters is 1. The van der Waals surface area contributed by atoms with Crippen LogP contribution in [-0.2, 0) is 11.3 Å². The topological polar surface area (TPSA) is 72.6 Å². The van der Waals surface area contributed by atoms with Crippen molar-refractivity contribution in [2.45, 2.75) is 13.5 Å². The maximum absolute atomic E-state index is 11.6. The lowest BCUT2D eigenvalue weighted by Gasteiger charge is -2.05. The summed E-state index contributed by atoms with van der Waals surface area (Å²) in [5.41, 5.74) is 1.24. The zero-order valence-electron chi connectivity index (χ0n) is 9.92. The number of carbonyl (C=O) groups is 1. The lowest BCUT2D eigenvalue weighted by atomic mass is 10.1. The van der Waals surface area contributed by atoms with Gasteiger partial charge in [0.25, 0.3) is 0 Å². The monoisotopic (exact) mass is 247 g/mol. The van der Waals surface area contributed by atoms with Crippen LogP contribution in [0.3, 0.4) is 0 Å². The van der Waals surface area contributed by atoms with E-state index in [0.717, 1.165) is 0 Å². The van der Waals surface area contributed by atoms with E-state index in [0.29, 0.717) is 17.0 Å². The molecule has 0 saturated heterocycles. The van der Waals surface area contributed by atoms with E-state index in [-0.39, 0.29) is 18.9 Å². The molecule has 0 aliphatic heterocycles. The lowest BCUT2D eigenvalue weighted by molar-refractivity contribution is 0.0519. The fraction of sp³-hybridized carbons (Fsp3) is 0.231. The molecule has 0 unspecified atom stereocenters. The number of hydrogen-bond donors (Lipinski definition) is 1. The third kappa shape index (κ3) is 2.57. The summed E-state index contributed by atoms with van der Waals surface area (Å²) in [5.74, 6) is 0.0956. The van der Waals surface area contributed by atoms with Crippen molar-refractivity contribution in [3.05, 3.63) is 41.9 Å². The van der Waals surface area contributed by atoms with E-state index in [1.165, 1.54) is 0 Å². The van der Waals surface area contributed by atoms with Crippen LogP contribution in [0, 0.1) is 0 Å². The first kappa shape index (κ1) is 12.3. The lowest BCUT2D eigenvalue weighted by Crippen LogP contribution is -2.09. The molecule has 0 saturated carbocycles. The van der Waals surface area contributed by atoms with Gasteiger partial charge in [-0.1, -0.05) is 0 Å². The minimum absolute atomic E-state index is 0.162. The number of furan rings is 1. The van der Waals surface area contributed by atoms with Crippen molar-refractivity contribution in [2.24, 2.45) is 0 Å². The van der Waals surface area contributed by atoms with Gasteiger partial charge in [0.2, 0.25) is 0 Å². The number of aromatic nitrogens is 1. The highest BCUT2D eigenvalue weighted by atomic mass is 16.5. The molecule has 0 fully saturated rings. The van der Waals surface area contributed by atoms with Gasteiger partial charge in [-0.25, -0.2) is 9.78 Å². The minimum Gasteiger partial charge on any atom is -0.464 e. The second-order valence-electron chi connectivity index (χ2n) is 3.59. The van der Waals surface area contributed by atoms with Crippen LogP contribution in [-0.4, -0.2) is 22.7 Å². The van der Waals surface area contributed by atoms with Crippen LogP contribution in [0.25, 0.3) is 11.3 Å². The van der Waals surface area contributed by atoms with E-state index in [1.54, 1.807) is 37.5 Å². The van der Waals surface area contributed by atoms with E-state index >= 15 is 0 Å². The van der Waals surface area contributed by atoms with Gasteiger partial charge in [0.15, 0.2) is 0 Å². The summed E-state index contributed by atoms with van der Waals surface area (Å²) < 4.78 is 10.1. The maximum Gasteiger partial charge on any atom is 0.356 e. The van der Waals surface area contributed by atoms with Crippen LogP contribution < -0.4 is 0 Å². The highest BCUT2D eigenvalue weighted by Gasteiger charge is 2.13. The van der Waals surface area contributed by atoms with Crippen molar-refractivity contribution in [1.29, 1.82) is 0 Å². The molecular formula is C13H13NO4. The summed E-state index contributed by atoms with van der Waals surface area (Å²) >= 11 is 0. The number of nitrogens with zero attached hydrogens (tertiary/aromatic N) is 1. The zero-order valence-corrected chi connectivity index (χ0v) is 9.92. The molecule has 0 aliphatic rings. The first-order chi connectivity index (χ1) is 8.74. The van der Waals surface area contributed by atoms with E-state index in [1.807, 2.05) is 0 Å². The summed E-state index contributed by atoms with van der Waals surface area (Å²) in [6, 6.07) is 6.77. The predicted molar refractivity (Wildman–Crippen MR) is 63.8 cm³/mol. The summed E-state index contributed by atoms with van der Waals surface area (Å²) in [4.78, 5) is 15.7. The Hall–Kier alpha value is -2.14. The van der Waals surface area contributed by atoms with Crippen molar-refractivity contribution in [3.63, 3.8) is 0 Å². The largest absolute Gasteiger partial charge is 0.464 e. The standard InChI is InChI=1S/C13H13NO4/c1-2-17-13(16)11-7-9(6-10(8-15)14-11)12-4-3-5-18-12/h3-7,15H,2,8H2,1H3. The molecular weight excluding hydrogens is 234 g/mol. The van der Waals surface area contributed by atoms with Gasteiger partial charge in [0, 0.05) is 5.56 Å². The molecule has 2 rings (SSSR count). The molecule has 0 atom stereocenters. The third-order valence-electron chi connectivity index (χ3n) is 2.33. The molecule has 0 amide bonds. The zero-order chi connectivity index (χ0) is 13.0. The smallest absolute Gasteiger partial charge is 0.356 e. The second-order valence-corrected chi connectivity index (χ2v) is 3.59. The molecule has 0 spiro atoms. The van der Waals surface area contributed by atoms with Crippen molar-refractivity contribution in [1.82, 2.24) is 4.98 Å². The Morgan fingerprint density at radius 2 is 2.33 bits per heavy atom. The summed E-state index contributed by atoms with van der Waals surface area (Å²) in [5, 5.41) is 9.15. The Bertz CT molecular complexity index is 534. The highest BCUT2D eigenvalue weighted by molar-refractivity contribution is 5.88. The third-order valence-corrected chi connectivity index (χ3v) is 2.33. The molecule has 94 valence electrons. The van der Waals surface area contributed by atoms with Crippen molar-refractivity contribution in [2.75, 3.05) is 6.61 Å². The van der Waals surface area contributed by atoms with Gasteiger partial charge in [-0.2, -0.15) is 0 Å². The van der Waals surface area contributed by atoms with Gasteiger partial charge < -0.3 is 14.3 Å². The van der Waals surface area contributed by atoms with Crippen molar-refractivity contribution >= 4 is 5.97 Å². The number of pyridine rings is 1. The van der Waals surface area contributed by atoms with Crippen LogP contribution in [0.4, 0.5) is 0 Å². The van der Waals surface area contributed by atoms with Gasteiger partial charge in [0.1, 0.15) is 11.5 Å². The minimum atomic E-state index is -0.513. The molecule has 0 radical (unpaired) electrons. The van der Waals surface area contributed by atoms with Crippen LogP contribution in [0.2, 0.25) is 0 Å². The number of ether oxygens (including phenoxy) is 1. The number of rotatable bonds is 4. The van der Waals surface area contributed by atoms with Crippen molar-refractivity contribution in [3.8, 4) is 11.3 Å². The van der Waals surface area contributed by atoms with E-state index in [2.05, 4.69) is 4.98 Å². The number of hydrogen-bond acceptors (Lipinski definition) is 5. The normalized spacial score (nSPS) is 10.3. The fourth-order valence-electron chi connectivity index (χ4n) is 1.56. The Kier molecular flexibility index (Phi) is 3.74. The molecule has 5 nitrogen and oxygen atoms in total. The molecule has 2 aromatic heterocycles. The molecule has 18 heavy (non-hydrogen) atoms. The quantitative estimate of drug-likeness (QED) is 0.837. The number of carbonyl (C=O) groups excluding carboxylic acids is 1. The van der Waals surface area contributed by atoms with Crippen LogP contribution >= 0.6 is 0 Å². The number of aliphatic hydroxyl groups is 1. The summed E-state index contributed by atoms with van der Waals surface area (Å²) in [6.45, 7) is 1.75. The Labute approximate surface area is 104 Å². The van der Waals surface area contributed by atoms with E-state index in [4.69, 9.17) is 14.3 Å². The predicted octanol–water partition coefficient (Wildman–Crippen LogP) is 2.01. The average molecular weight is 247 g/mol.